The van der Waals surface area contributed by atoms with Gasteiger partial charge in [0, 0.05) is 37.2 Å². The maximum Gasteiger partial charge on any atom is 0.248 e. The van der Waals surface area contributed by atoms with Gasteiger partial charge < -0.3 is 4.90 Å². The van der Waals surface area contributed by atoms with E-state index >= 15 is 0 Å². The van der Waals surface area contributed by atoms with E-state index in [2.05, 4.69) is 0 Å². The van der Waals surface area contributed by atoms with E-state index in [4.69, 9.17) is 11.6 Å². The summed E-state index contributed by atoms with van der Waals surface area (Å²) in [4.78, 5) is 14.2. The molecule has 2 nitrogen and oxygen atoms in total. The maximum absolute atomic E-state index is 13.2. The predicted molar refractivity (Wildman–Crippen MR) is 71.6 cm³/mol. The lowest BCUT2D eigenvalue weighted by Gasteiger charge is -2.35. The Balaban J connectivity index is 1.99. The van der Waals surface area contributed by atoms with Crippen molar-refractivity contribution in [3.8, 4) is 0 Å². The molecule has 0 saturated heterocycles. The third-order valence-corrected chi connectivity index (χ3v) is 4.55. The standard InChI is InChI=1S/C14H22ClF2NO/c15-8-9-18(12-4-2-1-3-5-12)13(19)11-6-7-14(16,17)10-11/h11-12H,1-10H2. The lowest BCUT2D eigenvalue weighted by Crippen LogP contribution is -2.45. The Morgan fingerprint density at radius 1 is 1.21 bits per heavy atom. The van der Waals surface area contributed by atoms with Crippen molar-refractivity contribution in [3.63, 3.8) is 0 Å². The molecule has 2 rings (SSSR count). The van der Waals surface area contributed by atoms with Crippen LogP contribution in [0, 0.1) is 5.92 Å². The summed E-state index contributed by atoms with van der Waals surface area (Å²) in [7, 11) is 0. The van der Waals surface area contributed by atoms with E-state index in [0.717, 1.165) is 25.7 Å². The minimum atomic E-state index is -2.65. The zero-order valence-corrected chi connectivity index (χ0v) is 12.0. The number of carbonyl (C=O) groups excluding carboxylic acids is 1. The molecule has 0 radical (unpaired) electrons. The molecule has 0 heterocycles. The lowest BCUT2D eigenvalue weighted by atomic mass is 9.93. The second-order valence-corrected chi connectivity index (χ2v) is 6.19. The van der Waals surface area contributed by atoms with E-state index in [-0.39, 0.29) is 24.8 Å². The Morgan fingerprint density at radius 2 is 1.89 bits per heavy atom. The van der Waals surface area contributed by atoms with E-state index in [1.54, 1.807) is 4.90 Å². The Kier molecular flexibility index (Phi) is 5.04. The topological polar surface area (TPSA) is 20.3 Å². The molecule has 0 aromatic heterocycles. The first-order valence-electron chi connectivity index (χ1n) is 7.28. The van der Waals surface area contributed by atoms with Crippen LogP contribution in [0.15, 0.2) is 0 Å². The molecule has 5 heteroatoms. The van der Waals surface area contributed by atoms with Crippen molar-refractivity contribution >= 4 is 17.5 Å². The molecular weight excluding hydrogens is 272 g/mol. The first-order chi connectivity index (χ1) is 9.03. The van der Waals surface area contributed by atoms with Crippen molar-refractivity contribution in [3.05, 3.63) is 0 Å². The SMILES string of the molecule is O=C(C1CCC(F)(F)C1)N(CCCl)C1CCCCC1. The summed E-state index contributed by atoms with van der Waals surface area (Å²) in [6.45, 7) is 0.493. The molecule has 2 saturated carbocycles. The van der Waals surface area contributed by atoms with E-state index in [1.807, 2.05) is 0 Å². The Morgan fingerprint density at radius 3 is 2.42 bits per heavy atom. The highest BCUT2D eigenvalue weighted by atomic mass is 35.5. The summed E-state index contributed by atoms with van der Waals surface area (Å²) >= 11 is 5.78. The van der Waals surface area contributed by atoms with Gasteiger partial charge >= 0.3 is 0 Å². The summed E-state index contributed by atoms with van der Waals surface area (Å²) < 4.78 is 26.5. The average Bonchev–Trinajstić information content (AvgIpc) is 2.77. The van der Waals surface area contributed by atoms with Crippen molar-refractivity contribution in [1.29, 1.82) is 0 Å². The number of alkyl halides is 3. The largest absolute Gasteiger partial charge is 0.338 e. The molecule has 110 valence electrons. The molecule has 1 atom stereocenters. The fourth-order valence-electron chi connectivity index (χ4n) is 3.35. The van der Waals surface area contributed by atoms with Crippen molar-refractivity contribution in [1.82, 2.24) is 4.90 Å². The summed E-state index contributed by atoms with van der Waals surface area (Å²) in [5.41, 5.74) is 0. The average molecular weight is 294 g/mol. The molecule has 2 aliphatic rings. The lowest BCUT2D eigenvalue weighted by molar-refractivity contribution is -0.139. The maximum atomic E-state index is 13.2. The minimum absolute atomic E-state index is 0.0928. The minimum Gasteiger partial charge on any atom is -0.338 e. The molecule has 0 aromatic carbocycles. The third-order valence-electron chi connectivity index (χ3n) is 4.38. The Labute approximate surface area is 118 Å². The van der Waals surface area contributed by atoms with E-state index < -0.39 is 11.8 Å². The predicted octanol–water partition coefficient (Wildman–Crippen LogP) is 3.82. The van der Waals surface area contributed by atoms with Gasteiger partial charge in [-0.2, -0.15) is 0 Å². The highest BCUT2D eigenvalue weighted by Crippen LogP contribution is 2.40. The zero-order chi connectivity index (χ0) is 13.9. The molecule has 0 N–H and O–H groups in total. The highest BCUT2D eigenvalue weighted by Gasteiger charge is 2.44. The number of nitrogens with zero attached hydrogens (tertiary/aromatic N) is 1. The van der Waals surface area contributed by atoms with Crippen LogP contribution in [-0.4, -0.2) is 35.2 Å². The fraction of sp³-hybridized carbons (Fsp3) is 0.929. The van der Waals surface area contributed by atoms with Crippen LogP contribution in [0.4, 0.5) is 8.78 Å². The van der Waals surface area contributed by atoms with Crippen LogP contribution in [0.25, 0.3) is 0 Å². The first kappa shape index (κ1) is 15.0. The van der Waals surface area contributed by atoms with Gasteiger partial charge in [-0.1, -0.05) is 19.3 Å². The molecule has 19 heavy (non-hydrogen) atoms. The third kappa shape index (κ3) is 3.80. The molecule has 0 aliphatic heterocycles. The van der Waals surface area contributed by atoms with Gasteiger partial charge in [0.2, 0.25) is 11.8 Å². The normalized spacial score (nSPS) is 27.4. The van der Waals surface area contributed by atoms with Gasteiger partial charge in [-0.3, -0.25) is 4.79 Å². The number of halogens is 3. The van der Waals surface area contributed by atoms with Crippen LogP contribution < -0.4 is 0 Å². The van der Waals surface area contributed by atoms with Gasteiger partial charge in [0.05, 0.1) is 0 Å². The van der Waals surface area contributed by atoms with Crippen LogP contribution in [0.5, 0.6) is 0 Å². The van der Waals surface area contributed by atoms with Gasteiger partial charge in [0.15, 0.2) is 0 Å². The summed E-state index contributed by atoms with van der Waals surface area (Å²) in [5, 5.41) is 0. The fourth-order valence-corrected chi connectivity index (χ4v) is 3.53. The number of hydrogen-bond donors (Lipinski definition) is 0. The molecule has 2 aliphatic carbocycles. The van der Waals surface area contributed by atoms with Gasteiger partial charge in [0.25, 0.3) is 0 Å². The van der Waals surface area contributed by atoms with Gasteiger partial charge in [-0.15, -0.1) is 11.6 Å². The van der Waals surface area contributed by atoms with Gasteiger partial charge in [0.1, 0.15) is 0 Å². The number of amides is 1. The second kappa shape index (κ2) is 6.38. The van der Waals surface area contributed by atoms with Crippen LogP contribution in [0.1, 0.15) is 51.4 Å². The quantitative estimate of drug-likeness (QED) is 0.722. The van der Waals surface area contributed by atoms with E-state index in [0.29, 0.717) is 18.8 Å². The Bertz CT molecular complexity index is 319. The molecule has 1 unspecified atom stereocenters. The molecule has 0 aromatic rings. The van der Waals surface area contributed by atoms with Gasteiger partial charge in [-0.25, -0.2) is 8.78 Å². The van der Waals surface area contributed by atoms with Crippen LogP contribution in [0.2, 0.25) is 0 Å². The Hall–Kier alpha value is -0.380. The number of rotatable bonds is 4. The number of carbonyl (C=O) groups is 1. The summed E-state index contributed by atoms with van der Waals surface area (Å²) in [6, 6.07) is 0.217. The second-order valence-electron chi connectivity index (χ2n) is 5.81. The van der Waals surface area contributed by atoms with Crippen molar-refractivity contribution in [2.75, 3.05) is 12.4 Å². The van der Waals surface area contributed by atoms with Crippen molar-refractivity contribution in [2.45, 2.75) is 63.3 Å². The zero-order valence-electron chi connectivity index (χ0n) is 11.2. The van der Waals surface area contributed by atoms with Crippen LogP contribution in [0.3, 0.4) is 0 Å². The van der Waals surface area contributed by atoms with Gasteiger partial charge in [-0.05, 0) is 19.3 Å². The molecular formula is C14H22ClF2NO. The van der Waals surface area contributed by atoms with Crippen molar-refractivity contribution in [2.24, 2.45) is 5.92 Å². The molecule has 0 bridgehead atoms. The first-order valence-corrected chi connectivity index (χ1v) is 7.81. The highest BCUT2D eigenvalue weighted by molar-refractivity contribution is 6.18. The molecule has 0 spiro atoms. The summed E-state index contributed by atoms with van der Waals surface area (Å²) in [5.74, 6) is -2.87. The molecule has 1 amide bonds. The van der Waals surface area contributed by atoms with E-state index in [9.17, 15) is 13.6 Å². The van der Waals surface area contributed by atoms with Crippen molar-refractivity contribution < 1.29 is 13.6 Å². The molecule has 2 fully saturated rings. The number of hydrogen-bond acceptors (Lipinski definition) is 1. The van der Waals surface area contributed by atoms with Crippen LogP contribution in [-0.2, 0) is 4.79 Å². The smallest absolute Gasteiger partial charge is 0.248 e. The summed E-state index contributed by atoms with van der Waals surface area (Å²) in [6.07, 6.45) is 5.32. The van der Waals surface area contributed by atoms with Crippen LogP contribution >= 0.6 is 11.6 Å². The monoisotopic (exact) mass is 293 g/mol. The van der Waals surface area contributed by atoms with E-state index in [1.165, 1.54) is 6.42 Å².